The van der Waals surface area contributed by atoms with Crippen molar-refractivity contribution in [3.05, 3.63) is 49.6 Å². The Balaban J connectivity index is 1.67. The van der Waals surface area contributed by atoms with Crippen molar-refractivity contribution in [2.45, 2.75) is 61.0 Å². The highest BCUT2D eigenvalue weighted by Crippen LogP contribution is 2.71. The van der Waals surface area contributed by atoms with Crippen LogP contribution in [-0.2, 0) is 19.1 Å². The van der Waals surface area contributed by atoms with Crippen LogP contribution in [0.5, 0.6) is 5.75 Å². The SMILES string of the molecule is C=CCCCCOC(=O)[C@@H]1[C@H]2C(=O)N(CCCO)C(C(=O)N(CC=C)c3ccc(OC)cc3)C23CC[C@@]1(C)S3. The van der Waals surface area contributed by atoms with Gasteiger partial charge in [0.1, 0.15) is 11.8 Å². The smallest absolute Gasteiger partial charge is 0.311 e. The third-order valence-electron chi connectivity index (χ3n) is 8.33. The maximum absolute atomic E-state index is 14.4. The first-order chi connectivity index (χ1) is 18.8. The molecule has 0 saturated carbocycles. The third kappa shape index (κ3) is 5.23. The number of benzene rings is 1. The van der Waals surface area contributed by atoms with Crippen molar-refractivity contribution in [3.63, 3.8) is 0 Å². The number of aliphatic hydroxyl groups is 1. The van der Waals surface area contributed by atoms with Gasteiger partial charge in [-0.2, -0.15) is 0 Å². The maximum atomic E-state index is 14.4. The summed E-state index contributed by atoms with van der Waals surface area (Å²) >= 11 is 1.62. The van der Waals surface area contributed by atoms with Crippen LogP contribution in [-0.4, -0.2) is 76.7 Å². The highest BCUT2D eigenvalue weighted by molar-refractivity contribution is 8.02. The number of methoxy groups -OCH3 is 1. The van der Waals surface area contributed by atoms with Crippen LogP contribution in [0.25, 0.3) is 0 Å². The summed E-state index contributed by atoms with van der Waals surface area (Å²) in [6.07, 6.45) is 7.72. The lowest BCUT2D eigenvalue weighted by Crippen LogP contribution is -2.55. The molecule has 4 rings (SSSR count). The predicted octanol–water partition coefficient (Wildman–Crippen LogP) is 3.98. The van der Waals surface area contributed by atoms with Crippen molar-refractivity contribution in [2.75, 3.05) is 38.3 Å². The molecule has 2 amide bonds. The number of fused-ring (bicyclic) bond motifs is 1. The summed E-state index contributed by atoms with van der Waals surface area (Å²) in [7, 11) is 1.58. The quantitative estimate of drug-likeness (QED) is 0.210. The summed E-state index contributed by atoms with van der Waals surface area (Å²) in [4.78, 5) is 45.3. The minimum atomic E-state index is -0.763. The Bertz CT molecular complexity index is 1090. The zero-order valence-electron chi connectivity index (χ0n) is 23.0. The maximum Gasteiger partial charge on any atom is 0.311 e. The zero-order valence-corrected chi connectivity index (χ0v) is 23.8. The molecule has 1 aromatic rings. The fraction of sp³-hybridized carbons (Fsp3) is 0.567. The van der Waals surface area contributed by atoms with Crippen molar-refractivity contribution >= 4 is 35.2 Å². The van der Waals surface area contributed by atoms with E-state index in [2.05, 4.69) is 13.2 Å². The number of carbonyl (C=O) groups is 3. The molecule has 0 radical (unpaired) electrons. The number of ether oxygens (including phenoxy) is 2. The molecule has 3 saturated heterocycles. The van der Waals surface area contributed by atoms with Gasteiger partial charge in [-0.05, 0) is 69.7 Å². The van der Waals surface area contributed by atoms with Gasteiger partial charge in [-0.25, -0.2) is 0 Å². The van der Waals surface area contributed by atoms with Crippen molar-refractivity contribution in [1.29, 1.82) is 0 Å². The van der Waals surface area contributed by atoms with E-state index in [9.17, 15) is 19.5 Å². The van der Waals surface area contributed by atoms with E-state index in [1.165, 1.54) is 0 Å². The van der Waals surface area contributed by atoms with Gasteiger partial charge in [0, 0.05) is 30.1 Å². The van der Waals surface area contributed by atoms with E-state index in [1.807, 2.05) is 25.1 Å². The molecule has 3 aliphatic heterocycles. The number of hydrogen-bond donors (Lipinski definition) is 1. The summed E-state index contributed by atoms with van der Waals surface area (Å²) in [5, 5.41) is 9.59. The van der Waals surface area contributed by atoms with Crippen LogP contribution in [0.2, 0.25) is 0 Å². The second kappa shape index (κ2) is 12.2. The molecule has 1 N–H and O–H groups in total. The van der Waals surface area contributed by atoms with Crippen molar-refractivity contribution in [3.8, 4) is 5.75 Å². The Kier molecular flexibility index (Phi) is 9.11. The molecule has 3 fully saturated rings. The average molecular weight is 557 g/mol. The molecule has 0 aromatic heterocycles. The molecule has 3 aliphatic rings. The van der Waals surface area contributed by atoms with Crippen LogP contribution in [0.4, 0.5) is 5.69 Å². The van der Waals surface area contributed by atoms with Crippen LogP contribution in [0, 0.1) is 11.8 Å². The summed E-state index contributed by atoms with van der Waals surface area (Å²) in [5.41, 5.74) is 0.675. The average Bonchev–Trinajstić information content (AvgIpc) is 3.50. The molecule has 2 unspecified atom stereocenters. The molecule has 212 valence electrons. The van der Waals surface area contributed by atoms with Crippen molar-refractivity contribution in [2.24, 2.45) is 11.8 Å². The van der Waals surface area contributed by atoms with E-state index in [0.29, 0.717) is 30.9 Å². The fourth-order valence-electron chi connectivity index (χ4n) is 6.56. The van der Waals surface area contributed by atoms with Gasteiger partial charge in [-0.3, -0.25) is 14.4 Å². The third-order valence-corrected chi connectivity index (χ3v) is 10.3. The number of thioether (sulfide) groups is 1. The number of unbranched alkanes of at least 4 members (excludes halogenated alkanes) is 2. The number of nitrogens with zero attached hydrogens (tertiary/aromatic N) is 2. The molecule has 3 heterocycles. The lowest BCUT2D eigenvalue weighted by Gasteiger charge is -2.37. The van der Waals surface area contributed by atoms with Gasteiger partial charge >= 0.3 is 5.97 Å². The Morgan fingerprint density at radius 3 is 2.56 bits per heavy atom. The number of allylic oxidation sites excluding steroid dienone is 1. The second-order valence-electron chi connectivity index (χ2n) is 10.7. The van der Waals surface area contributed by atoms with Gasteiger partial charge < -0.3 is 24.4 Å². The lowest BCUT2D eigenvalue weighted by molar-refractivity contribution is -0.155. The molecular formula is C30H40N2O6S. The highest BCUT2D eigenvalue weighted by atomic mass is 32.2. The van der Waals surface area contributed by atoms with Crippen LogP contribution in [0.15, 0.2) is 49.6 Å². The van der Waals surface area contributed by atoms with Gasteiger partial charge in [-0.1, -0.05) is 12.2 Å². The van der Waals surface area contributed by atoms with Gasteiger partial charge in [0.15, 0.2) is 0 Å². The van der Waals surface area contributed by atoms with Crippen LogP contribution < -0.4 is 9.64 Å². The number of carbonyl (C=O) groups excluding carboxylic acids is 3. The predicted molar refractivity (Wildman–Crippen MR) is 153 cm³/mol. The molecule has 8 nitrogen and oxygen atoms in total. The molecular weight excluding hydrogens is 516 g/mol. The van der Waals surface area contributed by atoms with Crippen molar-refractivity contribution < 1.29 is 29.0 Å². The van der Waals surface area contributed by atoms with Gasteiger partial charge in [0.25, 0.3) is 5.91 Å². The molecule has 1 aromatic carbocycles. The minimum Gasteiger partial charge on any atom is -0.497 e. The number of rotatable bonds is 14. The standard InChI is InChI=1S/C30H40N2O6S/c1-5-7-8-9-20-38-28(36)24-23-26(34)32(18-10-19-33)25(30(23)16-15-29(24,3)39-30)27(35)31(17-6-2)21-11-13-22(37-4)14-12-21/h5-6,11-14,23-25,33H,1-2,7-10,15-20H2,3-4H3/t23-,24-,25?,29+,30?/m0/s1. The number of esters is 1. The van der Waals surface area contributed by atoms with Gasteiger partial charge in [-0.15, -0.1) is 24.9 Å². The zero-order chi connectivity index (χ0) is 28.2. The summed E-state index contributed by atoms with van der Waals surface area (Å²) in [6.45, 7) is 10.3. The summed E-state index contributed by atoms with van der Waals surface area (Å²) < 4.78 is 9.77. The topological polar surface area (TPSA) is 96.4 Å². The Morgan fingerprint density at radius 1 is 1.18 bits per heavy atom. The normalized spacial score (nSPS) is 28.7. The first-order valence-corrected chi connectivity index (χ1v) is 14.5. The van der Waals surface area contributed by atoms with E-state index >= 15 is 0 Å². The Hall–Kier alpha value is -2.78. The monoisotopic (exact) mass is 556 g/mol. The molecule has 39 heavy (non-hydrogen) atoms. The van der Waals surface area contributed by atoms with E-state index in [-0.39, 0.29) is 37.5 Å². The lowest BCUT2D eigenvalue weighted by atomic mass is 9.66. The number of aliphatic hydroxyl groups excluding tert-OH is 1. The van der Waals surface area contributed by atoms with Crippen LogP contribution in [0.3, 0.4) is 0 Å². The van der Waals surface area contributed by atoms with Crippen LogP contribution in [0.1, 0.15) is 45.4 Å². The van der Waals surface area contributed by atoms with Gasteiger partial charge in [0.05, 0.1) is 30.3 Å². The Morgan fingerprint density at radius 2 is 1.92 bits per heavy atom. The van der Waals surface area contributed by atoms with Gasteiger partial charge in [0.2, 0.25) is 5.91 Å². The molecule has 5 atom stereocenters. The van der Waals surface area contributed by atoms with E-state index in [4.69, 9.17) is 9.47 Å². The molecule has 9 heteroatoms. The number of amides is 2. The summed E-state index contributed by atoms with van der Waals surface area (Å²) in [6, 6.07) is 6.46. The first kappa shape index (κ1) is 29.2. The highest BCUT2D eigenvalue weighted by Gasteiger charge is 2.77. The molecule has 0 aliphatic carbocycles. The Labute approximate surface area is 235 Å². The minimum absolute atomic E-state index is 0.0990. The van der Waals surface area contributed by atoms with E-state index in [0.717, 1.165) is 25.7 Å². The van der Waals surface area contributed by atoms with Crippen molar-refractivity contribution in [1.82, 2.24) is 4.90 Å². The summed E-state index contributed by atoms with van der Waals surface area (Å²) in [5.74, 6) is -1.34. The molecule has 1 spiro atoms. The first-order valence-electron chi connectivity index (χ1n) is 13.7. The van der Waals surface area contributed by atoms with E-state index < -0.39 is 27.4 Å². The fourth-order valence-corrected chi connectivity index (χ4v) is 8.90. The number of hydrogen-bond acceptors (Lipinski definition) is 7. The van der Waals surface area contributed by atoms with E-state index in [1.54, 1.807) is 46.9 Å². The number of anilines is 1. The molecule has 2 bridgehead atoms. The largest absolute Gasteiger partial charge is 0.497 e. The second-order valence-corrected chi connectivity index (χ2v) is 12.6. The van der Waals surface area contributed by atoms with Crippen LogP contribution >= 0.6 is 11.8 Å². The number of likely N-dealkylation sites (tertiary alicyclic amines) is 1.